The van der Waals surface area contributed by atoms with Crippen LogP contribution in [0.25, 0.3) is 0 Å². The minimum atomic E-state index is -0.522. The van der Waals surface area contributed by atoms with Crippen LogP contribution < -0.4 is 10.9 Å². The van der Waals surface area contributed by atoms with Gasteiger partial charge in [0, 0.05) is 19.3 Å². The fourth-order valence-corrected chi connectivity index (χ4v) is 0.953. The van der Waals surface area contributed by atoms with Crippen LogP contribution in [0.4, 0.5) is 10.5 Å². The maximum absolute atomic E-state index is 11.0. The second-order valence-electron chi connectivity index (χ2n) is 2.71. The lowest BCUT2D eigenvalue weighted by molar-refractivity contribution is 0.168. The van der Waals surface area contributed by atoms with Crippen molar-refractivity contribution in [3.63, 3.8) is 0 Å². The van der Waals surface area contributed by atoms with Crippen molar-refractivity contribution in [3.8, 4) is 0 Å². The average Bonchev–Trinajstić information content (AvgIpc) is 2.12. The molecule has 0 bridgehead atoms. The summed E-state index contributed by atoms with van der Waals surface area (Å²) >= 11 is 0. The van der Waals surface area contributed by atoms with E-state index >= 15 is 0 Å². The van der Waals surface area contributed by atoms with Gasteiger partial charge in [0.05, 0.1) is 12.3 Å². The zero-order chi connectivity index (χ0) is 10.6. The van der Waals surface area contributed by atoms with Crippen molar-refractivity contribution in [3.05, 3.63) is 28.7 Å². The predicted molar refractivity (Wildman–Crippen MR) is 52.3 cm³/mol. The van der Waals surface area contributed by atoms with E-state index in [9.17, 15) is 9.59 Å². The van der Waals surface area contributed by atoms with Crippen LogP contribution in [0.2, 0.25) is 0 Å². The van der Waals surface area contributed by atoms with Gasteiger partial charge in [-0.1, -0.05) is 0 Å². The third kappa shape index (κ3) is 2.62. The summed E-state index contributed by atoms with van der Waals surface area (Å²) in [4.78, 5) is 22.0. The minimum Gasteiger partial charge on any atom is -0.450 e. The highest BCUT2D eigenvalue weighted by atomic mass is 16.5. The Labute approximate surface area is 81.3 Å². The van der Waals surface area contributed by atoms with E-state index in [4.69, 9.17) is 0 Å². The van der Waals surface area contributed by atoms with E-state index in [1.165, 1.54) is 22.9 Å². The second kappa shape index (κ2) is 4.45. The van der Waals surface area contributed by atoms with E-state index in [-0.39, 0.29) is 5.56 Å². The number of aryl methyl sites for hydroxylation is 1. The summed E-state index contributed by atoms with van der Waals surface area (Å²) in [6.07, 6.45) is 1.00. The Balaban J connectivity index is 2.73. The smallest absolute Gasteiger partial charge is 0.411 e. The van der Waals surface area contributed by atoms with Crippen molar-refractivity contribution in [1.82, 2.24) is 4.57 Å². The normalized spacial score (nSPS) is 9.57. The van der Waals surface area contributed by atoms with Gasteiger partial charge >= 0.3 is 6.09 Å². The van der Waals surface area contributed by atoms with Crippen molar-refractivity contribution < 1.29 is 9.53 Å². The van der Waals surface area contributed by atoms with Gasteiger partial charge in [0.25, 0.3) is 0 Å². The molecule has 1 N–H and O–H groups in total. The zero-order valence-corrected chi connectivity index (χ0v) is 8.11. The third-order valence-corrected chi connectivity index (χ3v) is 1.61. The number of hydrogen-bond donors (Lipinski definition) is 1. The van der Waals surface area contributed by atoms with Crippen molar-refractivity contribution >= 4 is 11.8 Å². The van der Waals surface area contributed by atoms with Crippen LogP contribution >= 0.6 is 0 Å². The molecular weight excluding hydrogens is 184 g/mol. The number of nitrogens with zero attached hydrogens (tertiary/aromatic N) is 1. The quantitative estimate of drug-likeness (QED) is 0.766. The molecule has 0 fully saturated rings. The highest BCUT2D eigenvalue weighted by molar-refractivity contribution is 5.84. The van der Waals surface area contributed by atoms with E-state index < -0.39 is 6.09 Å². The van der Waals surface area contributed by atoms with Crippen molar-refractivity contribution in [2.75, 3.05) is 11.9 Å². The Hall–Kier alpha value is -1.78. The average molecular weight is 196 g/mol. The van der Waals surface area contributed by atoms with Crippen LogP contribution in [-0.2, 0) is 11.8 Å². The van der Waals surface area contributed by atoms with Gasteiger partial charge in [0.2, 0.25) is 5.56 Å². The van der Waals surface area contributed by atoms with Crippen molar-refractivity contribution in [2.45, 2.75) is 6.92 Å². The molecule has 1 amide bonds. The highest BCUT2D eigenvalue weighted by Gasteiger charge is 2.01. The van der Waals surface area contributed by atoms with Gasteiger partial charge in [-0.25, -0.2) is 4.79 Å². The number of pyridine rings is 1. The van der Waals surface area contributed by atoms with E-state index in [0.29, 0.717) is 12.3 Å². The summed E-state index contributed by atoms with van der Waals surface area (Å²) in [6, 6.07) is 2.90. The van der Waals surface area contributed by atoms with Crippen molar-refractivity contribution in [2.24, 2.45) is 7.05 Å². The number of carbonyl (C=O) groups is 1. The van der Waals surface area contributed by atoms with Gasteiger partial charge < -0.3 is 9.30 Å². The largest absolute Gasteiger partial charge is 0.450 e. The Morgan fingerprint density at radius 3 is 2.86 bits per heavy atom. The maximum Gasteiger partial charge on any atom is 0.411 e. The standard InChI is InChI=1S/C9H12N2O3/c1-3-14-9(13)10-7-4-5-8(12)11(2)6-7/h4-6H,3H2,1-2H3,(H,10,13). The highest BCUT2D eigenvalue weighted by Crippen LogP contribution is 2.02. The van der Waals surface area contributed by atoms with E-state index in [1.807, 2.05) is 0 Å². The molecule has 0 spiro atoms. The topological polar surface area (TPSA) is 60.3 Å². The van der Waals surface area contributed by atoms with Crippen LogP contribution in [-0.4, -0.2) is 17.3 Å². The minimum absolute atomic E-state index is 0.126. The summed E-state index contributed by atoms with van der Waals surface area (Å²) in [5.41, 5.74) is 0.407. The van der Waals surface area contributed by atoms with Crippen molar-refractivity contribution in [1.29, 1.82) is 0 Å². The zero-order valence-electron chi connectivity index (χ0n) is 8.11. The lowest BCUT2D eigenvalue weighted by Crippen LogP contribution is -2.18. The first-order valence-corrected chi connectivity index (χ1v) is 4.24. The number of amides is 1. The van der Waals surface area contributed by atoms with Gasteiger partial charge in [0.1, 0.15) is 0 Å². The molecule has 14 heavy (non-hydrogen) atoms. The maximum atomic E-state index is 11.0. The van der Waals surface area contributed by atoms with Gasteiger partial charge in [0.15, 0.2) is 0 Å². The van der Waals surface area contributed by atoms with E-state index in [0.717, 1.165) is 0 Å². The van der Waals surface area contributed by atoms with E-state index in [1.54, 1.807) is 14.0 Å². The molecule has 76 valence electrons. The number of ether oxygens (including phenoxy) is 1. The van der Waals surface area contributed by atoms with Gasteiger partial charge in [-0.2, -0.15) is 0 Å². The molecule has 0 radical (unpaired) electrons. The Bertz CT molecular complexity index is 384. The monoisotopic (exact) mass is 196 g/mol. The molecule has 0 aliphatic rings. The summed E-state index contributed by atoms with van der Waals surface area (Å²) in [5, 5.41) is 2.49. The number of rotatable bonds is 2. The molecular formula is C9H12N2O3. The molecule has 0 aliphatic heterocycles. The molecule has 1 aromatic rings. The van der Waals surface area contributed by atoms with Crippen LogP contribution in [0.1, 0.15) is 6.92 Å². The molecule has 1 aromatic heterocycles. The fraction of sp³-hybridized carbons (Fsp3) is 0.333. The number of nitrogens with one attached hydrogen (secondary N) is 1. The van der Waals surface area contributed by atoms with Crippen LogP contribution in [0.3, 0.4) is 0 Å². The molecule has 1 heterocycles. The molecule has 0 unspecified atom stereocenters. The molecule has 0 saturated heterocycles. The molecule has 0 aliphatic carbocycles. The second-order valence-corrected chi connectivity index (χ2v) is 2.71. The molecule has 0 saturated carbocycles. The molecule has 5 heteroatoms. The molecule has 1 rings (SSSR count). The number of anilines is 1. The van der Waals surface area contributed by atoms with Crippen LogP contribution in [0.5, 0.6) is 0 Å². The first-order chi connectivity index (χ1) is 6.63. The summed E-state index contributed by atoms with van der Waals surface area (Å²) < 4.78 is 6.06. The van der Waals surface area contributed by atoms with Gasteiger partial charge in [-0.05, 0) is 13.0 Å². The van der Waals surface area contributed by atoms with Gasteiger partial charge in [-0.3, -0.25) is 10.1 Å². The summed E-state index contributed by atoms with van der Waals surface area (Å²) in [7, 11) is 1.61. The summed E-state index contributed by atoms with van der Waals surface area (Å²) in [6.45, 7) is 2.04. The SMILES string of the molecule is CCOC(=O)Nc1ccc(=O)n(C)c1. The number of carbonyl (C=O) groups excluding carboxylic acids is 1. The molecule has 5 nitrogen and oxygen atoms in total. The number of aromatic nitrogens is 1. The Kier molecular flexibility index (Phi) is 3.28. The molecule has 0 atom stereocenters. The number of hydrogen-bond acceptors (Lipinski definition) is 3. The Morgan fingerprint density at radius 2 is 2.29 bits per heavy atom. The first kappa shape index (κ1) is 10.3. The van der Waals surface area contributed by atoms with E-state index in [2.05, 4.69) is 10.1 Å². The third-order valence-electron chi connectivity index (χ3n) is 1.61. The molecule has 0 aromatic carbocycles. The summed E-state index contributed by atoms with van der Waals surface area (Å²) in [5.74, 6) is 0. The Morgan fingerprint density at radius 1 is 1.57 bits per heavy atom. The lowest BCUT2D eigenvalue weighted by atomic mass is 10.4. The predicted octanol–water partition coefficient (Wildman–Crippen LogP) is 0.954. The van der Waals surface area contributed by atoms with Gasteiger partial charge in [-0.15, -0.1) is 0 Å². The first-order valence-electron chi connectivity index (χ1n) is 4.24. The van der Waals surface area contributed by atoms with Crippen LogP contribution in [0, 0.1) is 0 Å². The lowest BCUT2D eigenvalue weighted by Gasteiger charge is -2.05. The fourth-order valence-electron chi connectivity index (χ4n) is 0.953. The van der Waals surface area contributed by atoms with Crippen LogP contribution in [0.15, 0.2) is 23.1 Å².